The smallest absolute Gasteiger partial charge is 0.223 e. The predicted octanol–water partition coefficient (Wildman–Crippen LogP) is 1.43. The minimum Gasteiger partial charge on any atom is -0.370 e. The molecule has 0 radical (unpaired) electrons. The topological polar surface area (TPSA) is 73.9 Å². The zero-order valence-corrected chi connectivity index (χ0v) is 9.86. The van der Waals surface area contributed by atoms with Crippen LogP contribution in [0.3, 0.4) is 0 Å². The van der Waals surface area contributed by atoms with Gasteiger partial charge in [0.2, 0.25) is 5.95 Å². The first-order valence-electron chi connectivity index (χ1n) is 5.76. The second-order valence-electron chi connectivity index (χ2n) is 4.24. The highest BCUT2D eigenvalue weighted by molar-refractivity contribution is 5.20. The van der Waals surface area contributed by atoms with E-state index in [0.717, 1.165) is 37.9 Å². The maximum atomic E-state index is 5.70. The first-order valence-corrected chi connectivity index (χ1v) is 5.76. The molecule has 0 atom stereocenters. The average molecular weight is 222 g/mol. The first-order chi connectivity index (χ1) is 7.70. The number of aromatic nitrogens is 3. The van der Waals surface area contributed by atoms with Crippen LogP contribution in [0.2, 0.25) is 0 Å². The lowest BCUT2D eigenvalue weighted by Crippen LogP contribution is -2.38. The van der Waals surface area contributed by atoms with E-state index in [2.05, 4.69) is 21.9 Å². The molecule has 0 amide bonds. The molecule has 1 aromatic rings. The van der Waals surface area contributed by atoms with Gasteiger partial charge in [-0.15, -0.1) is 0 Å². The highest BCUT2D eigenvalue weighted by Crippen LogP contribution is 2.42. The Morgan fingerprint density at radius 1 is 1.31 bits per heavy atom. The molecule has 1 fully saturated rings. The van der Waals surface area contributed by atoms with Gasteiger partial charge in [0.1, 0.15) is 11.4 Å². The molecule has 1 saturated carbocycles. The summed E-state index contributed by atoms with van der Waals surface area (Å²) in [4.78, 5) is 12.8. The van der Waals surface area contributed by atoms with Crippen molar-refractivity contribution in [1.29, 1.82) is 0 Å². The average Bonchev–Trinajstić information content (AvgIpc) is 2.16. The third-order valence-electron chi connectivity index (χ3n) is 3.13. The molecular formula is C11H18N4O. The summed E-state index contributed by atoms with van der Waals surface area (Å²) in [5.41, 5.74) is 5.40. The minimum absolute atomic E-state index is 0.303. The van der Waals surface area contributed by atoms with Crippen LogP contribution in [0.25, 0.3) is 0 Å². The standard InChI is InChI=1S/C11H18N4O/c1-3-5-8-13-9(15-10(12)14-8)11(16-2)6-4-7-11/h3-7H2,1-2H3,(H2,12,13,14,15). The largest absolute Gasteiger partial charge is 0.370 e. The number of nitrogens with zero attached hydrogens (tertiary/aromatic N) is 3. The number of ether oxygens (including phenoxy) is 1. The molecule has 0 aromatic carbocycles. The summed E-state index contributed by atoms with van der Waals surface area (Å²) in [6, 6.07) is 0. The van der Waals surface area contributed by atoms with Crippen LogP contribution in [0.4, 0.5) is 5.95 Å². The number of hydrogen-bond donors (Lipinski definition) is 1. The summed E-state index contributed by atoms with van der Waals surface area (Å²) in [6.45, 7) is 2.09. The molecule has 88 valence electrons. The van der Waals surface area contributed by atoms with E-state index in [9.17, 15) is 0 Å². The fourth-order valence-corrected chi connectivity index (χ4v) is 1.99. The molecule has 0 bridgehead atoms. The van der Waals surface area contributed by atoms with E-state index in [1.807, 2.05) is 0 Å². The van der Waals surface area contributed by atoms with Gasteiger partial charge in [-0.3, -0.25) is 0 Å². The van der Waals surface area contributed by atoms with Gasteiger partial charge in [-0.2, -0.15) is 9.97 Å². The van der Waals surface area contributed by atoms with Crippen LogP contribution in [0.15, 0.2) is 0 Å². The van der Waals surface area contributed by atoms with Crippen molar-refractivity contribution in [3.8, 4) is 0 Å². The summed E-state index contributed by atoms with van der Waals surface area (Å²) in [5, 5.41) is 0. The van der Waals surface area contributed by atoms with Crippen molar-refractivity contribution in [3.63, 3.8) is 0 Å². The van der Waals surface area contributed by atoms with Crippen molar-refractivity contribution in [1.82, 2.24) is 15.0 Å². The van der Waals surface area contributed by atoms with Crippen LogP contribution in [0, 0.1) is 0 Å². The fraction of sp³-hybridized carbons (Fsp3) is 0.727. The van der Waals surface area contributed by atoms with E-state index >= 15 is 0 Å². The Morgan fingerprint density at radius 3 is 2.56 bits per heavy atom. The van der Waals surface area contributed by atoms with Gasteiger partial charge in [-0.25, -0.2) is 4.98 Å². The fourth-order valence-electron chi connectivity index (χ4n) is 1.99. The monoisotopic (exact) mass is 222 g/mol. The summed E-state index contributed by atoms with van der Waals surface area (Å²) < 4.78 is 5.54. The highest BCUT2D eigenvalue weighted by atomic mass is 16.5. The van der Waals surface area contributed by atoms with E-state index in [1.54, 1.807) is 7.11 Å². The van der Waals surface area contributed by atoms with Crippen molar-refractivity contribution >= 4 is 5.95 Å². The molecule has 2 N–H and O–H groups in total. The Labute approximate surface area is 95.5 Å². The molecule has 5 heteroatoms. The Kier molecular flexibility index (Phi) is 3.05. The Hall–Kier alpha value is -1.23. The molecule has 5 nitrogen and oxygen atoms in total. The quantitative estimate of drug-likeness (QED) is 0.834. The van der Waals surface area contributed by atoms with Gasteiger partial charge < -0.3 is 10.5 Å². The maximum absolute atomic E-state index is 5.70. The Balaban J connectivity index is 2.32. The zero-order valence-electron chi connectivity index (χ0n) is 9.86. The lowest BCUT2D eigenvalue weighted by atomic mass is 9.79. The second kappa shape index (κ2) is 4.33. The number of rotatable bonds is 4. The molecular weight excluding hydrogens is 204 g/mol. The molecule has 1 aromatic heterocycles. The van der Waals surface area contributed by atoms with Crippen LogP contribution in [-0.2, 0) is 16.8 Å². The van der Waals surface area contributed by atoms with Gasteiger partial charge in [-0.1, -0.05) is 6.92 Å². The van der Waals surface area contributed by atoms with Crippen LogP contribution < -0.4 is 5.73 Å². The van der Waals surface area contributed by atoms with E-state index in [0.29, 0.717) is 11.8 Å². The van der Waals surface area contributed by atoms with E-state index in [-0.39, 0.29) is 5.60 Å². The van der Waals surface area contributed by atoms with Crippen molar-refractivity contribution < 1.29 is 4.74 Å². The van der Waals surface area contributed by atoms with Crippen molar-refractivity contribution in [2.75, 3.05) is 12.8 Å². The summed E-state index contributed by atoms with van der Waals surface area (Å²) in [5.74, 6) is 1.78. The highest BCUT2D eigenvalue weighted by Gasteiger charge is 2.42. The molecule has 0 aliphatic heterocycles. The van der Waals surface area contributed by atoms with E-state index in [4.69, 9.17) is 10.5 Å². The number of nitrogen functional groups attached to an aromatic ring is 1. The summed E-state index contributed by atoms with van der Waals surface area (Å²) in [6.07, 6.45) is 4.93. The third kappa shape index (κ3) is 1.87. The Bertz CT molecular complexity index is 371. The van der Waals surface area contributed by atoms with Crippen molar-refractivity contribution in [2.45, 2.75) is 44.6 Å². The number of methoxy groups -OCH3 is 1. The molecule has 2 rings (SSSR count). The number of aryl methyl sites for hydroxylation is 1. The molecule has 1 aliphatic carbocycles. The van der Waals surface area contributed by atoms with Gasteiger partial charge >= 0.3 is 0 Å². The van der Waals surface area contributed by atoms with Gasteiger partial charge in [0, 0.05) is 13.5 Å². The van der Waals surface area contributed by atoms with Crippen LogP contribution >= 0.6 is 0 Å². The lowest BCUT2D eigenvalue weighted by molar-refractivity contribution is -0.0848. The molecule has 16 heavy (non-hydrogen) atoms. The van der Waals surface area contributed by atoms with Gasteiger partial charge in [-0.05, 0) is 25.7 Å². The van der Waals surface area contributed by atoms with E-state index in [1.165, 1.54) is 0 Å². The van der Waals surface area contributed by atoms with Crippen molar-refractivity contribution in [3.05, 3.63) is 11.6 Å². The minimum atomic E-state index is -0.306. The zero-order chi connectivity index (χ0) is 11.6. The summed E-state index contributed by atoms with van der Waals surface area (Å²) >= 11 is 0. The SMILES string of the molecule is CCCc1nc(N)nc(C2(OC)CCC2)n1. The molecule has 1 aliphatic rings. The molecule has 1 heterocycles. The molecule has 0 unspecified atom stereocenters. The molecule has 0 spiro atoms. The second-order valence-corrected chi connectivity index (χ2v) is 4.24. The normalized spacial score (nSPS) is 18.1. The lowest BCUT2D eigenvalue weighted by Gasteiger charge is -2.38. The Morgan fingerprint density at radius 2 is 2.06 bits per heavy atom. The van der Waals surface area contributed by atoms with E-state index < -0.39 is 0 Å². The van der Waals surface area contributed by atoms with Crippen LogP contribution in [-0.4, -0.2) is 22.1 Å². The number of anilines is 1. The van der Waals surface area contributed by atoms with Gasteiger partial charge in [0.05, 0.1) is 0 Å². The maximum Gasteiger partial charge on any atom is 0.223 e. The third-order valence-corrected chi connectivity index (χ3v) is 3.13. The summed E-state index contributed by atoms with van der Waals surface area (Å²) in [7, 11) is 1.71. The van der Waals surface area contributed by atoms with Gasteiger partial charge in [0.15, 0.2) is 5.82 Å². The molecule has 0 saturated heterocycles. The first kappa shape index (κ1) is 11.3. The van der Waals surface area contributed by atoms with Crippen molar-refractivity contribution in [2.24, 2.45) is 0 Å². The van der Waals surface area contributed by atoms with Gasteiger partial charge in [0.25, 0.3) is 0 Å². The predicted molar refractivity (Wildman–Crippen MR) is 60.8 cm³/mol. The van der Waals surface area contributed by atoms with Crippen LogP contribution in [0.5, 0.6) is 0 Å². The number of hydrogen-bond acceptors (Lipinski definition) is 5. The van der Waals surface area contributed by atoms with Crippen LogP contribution in [0.1, 0.15) is 44.3 Å². The number of nitrogens with two attached hydrogens (primary N) is 1.